The van der Waals surface area contributed by atoms with Crippen molar-refractivity contribution in [3.8, 4) is 5.88 Å². The molecule has 1 aliphatic carbocycles. The second kappa shape index (κ2) is 4.97. The minimum absolute atomic E-state index is 0.399. The Labute approximate surface area is 108 Å². The smallest absolute Gasteiger partial charge is 0.375 e. The molecule has 0 unspecified atom stereocenters. The molecule has 2 nitrogen and oxygen atoms in total. The molecule has 1 saturated carbocycles. The third-order valence-electron chi connectivity index (χ3n) is 3.82. The number of benzene rings is 1. The average molecular weight is 242 g/mol. The van der Waals surface area contributed by atoms with Gasteiger partial charge in [-0.15, -0.1) is 0 Å². The van der Waals surface area contributed by atoms with Crippen molar-refractivity contribution in [2.45, 2.75) is 38.2 Å². The lowest BCUT2D eigenvalue weighted by atomic mass is 9.98. The van der Waals surface area contributed by atoms with E-state index in [1.807, 2.05) is 0 Å². The number of fused-ring (bicyclic) bond motifs is 1. The molecule has 0 radical (unpaired) electrons. The van der Waals surface area contributed by atoms with Crippen LogP contribution >= 0.6 is 0 Å². The number of nitrogens with zero attached hydrogens (tertiary/aromatic N) is 1. The second-order valence-electron chi connectivity index (χ2n) is 5.20. The first kappa shape index (κ1) is 11.5. The van der Waals surface area contributed by atoms with E-state index < -0.39 is 0 Å². The quantitative estimate of drug-likeness (QED) is 0.736. The van der Waals surface area contributed by atoms with Crippen LogP contribution in [0.3, 0.4) is 0 Å². The SMILES string of the molecule is C[n+]1ccc2ccccc2c1OC1CCCCC1. The summed E-state index contributed by atoms with van der Waals surface area (Å²) < 4.78 is 8.36. The van der Waals surface area contributed by atoms with Crippen molar-refractivity contribution in [1.29, 1.82) is 0 Å². The van der Waals surface area contributed by atoms with E-state index in [0.29, 0.717) is 6.10 Å². The van der Waals surface area contributed by atoms with Gasteiger partial charge in [0.1, 0.15) is 13.2 Å². The van der Waals surface area contributed by atoms with Gasteiger partial charge in [0, 0.05) is 6.07 Å². The molecule has 1 aliphatic rings. The van der Waals surface area contributed by atoms with Gasteiger partial charge in [-0.2, -0.15) is 4.57 Å². The molecule has 0 saturated heterocycles. The fourth-order valence-electron chi connectivity index (χ4n) is 2.77. The zero-order chi connectivity index (χ0) is 12.4. The van der Waals surface area contributed by atoms with E-state index in [9.17, 15) is 0 Å². The van der Waals surface area contributed by atoms with Crippen LogP contribution in [0.1, 0.15) is 32.1 Å². The molecule has 18 heavy (non-hydrogen) atoms. The molecule has 1 aromatic carbocycles. The van der Waals surface area contributed by atoms with Crippen LogP contribution < -0.4 is 9.30 Å². The summed E-state index contributed by atoms with van der Waals surface area (Å²) in [6.07, 6.45) is 8.85. The monoisotopic (exact) mass is 242 g/mol. The van der Waals surface area contributed by atoms with Crippen LogP contribution in [0.2, 0.25) is 0 Å². The molecule has 1 fully saturated rings. The summed E-state index contributed by atoms with van der Waals surface area (Å²) in [5.74, 6) is 1.01. The summed E-state index contributed by atoms with van der Waals surface area (Å²) in [5.41, 5.74) is 0. The van der Waals surface area contributed by atoms with Gasteiger partial charge in [-0.25, -0.2) is 0 Å². The van der Waals surface area contributed by atoms with Gasteiger partial charge >= 0.3 is 5.88 Å². The Bertz CT molecular complexity index is 544. The Morgan fingerprint density at radius 3 is 2.67 bits per heavy atom. The first-order valence-electron chi connectivity index (χ1n) is 6.88. The lowest BCUT2D eigenvalue weighted by Crippen LogP contribution is -2.33. The molecule has 3 rings (SSSR count). The zero-order valence-corrected chi connectivity index (χ0v) is 10.9. The summed E-state index contributed by atoms with van der Waals surface area (Å²) >= 11 is 0. The number of ether oxygens (including phenoxy) is 1. The fraction of sp³-hybridized carbons (Fsp3) is 0.438. The van der Waals surface area contributed by atoms with Crippen LogP contribution in [-0.4, -0.2) is 6.10 Å². The number of hydrogen-bond acceptors (Lipinski definition) is 1. The van der Waals surface area contributed by atoms with Gasteiger partial charge in [-0.1, -0.05) is 24.6 Å². The molecule has 2 aromatic rings. The second-order valence-corrected chi connectivity index (χ2v) is 5.20. The third-order valence-corrected chi connectivity index (χ3v) is 3.82. The van der Waals surface area contributed by atoms with Crippen LogP contribution in [0.5, 0.6) is 5.88 Å². The summed E-state index contributed by atoms with van der Waals surface area (Å²) in [7, 11) is 2.06. The molecule has 1 heterocycles. The molecule has 0 spiro atoms. The summed E-state index contributed by atoms with van der Waals surface area (Å²) in [6.45, 7) is 0. The van der Waals surface area contributed by atoms with Crippen molar-refractivity contribution in [3.63, 3.8) is 0 Å². The van der Waals surface area contributed by atoms with E-state index in [1.165, 1.54) is 42.9 Å². The average Bonchev–Trinajstić information content (AvgIpc) is 2.43. The topological polar surface area (TPSA) is 13.1 Å². The highest BCUT2D eigenvalue weighted by atomic mass is 16.5. The van der Waals surface area contributed by atoms with E-state index in [-0.39, 0.29) is 0 Å². The first-order valence-corrected chi connectivity index (χ1v) is 6.88. The molecule has 0 amide bonds. The molecule has 94 valence electrons. The molecular weight excluding hydrogens is 222 g/mol. The number of hydrogen-bond donors (Lipinski definition) is 0. The van der Waals surface area contributed by atoms with Gasteiger partial charge in [0.2, 0.25) is 0 Å². The molecular formula is C16H20NO+. The van der Waals surface area contributed by atoms with Crippen molar-refractivity contribution in [1.82, 2.24) is 0 Å². The van der Waals surface area contributed by atoms with Crippen molar-refractivity contribution in [3.05, 3.63) is 36.5 Å². The Morgan fingerprint density at radius 2 is 1.83 bits per heavy atom. The minimum atomic E-state index is 0.399. The first-order chi connectivity index (χ1) is 8.84. The lowest BCUT2D eigenvalue weighted by molar-refractivity contribution is -0.676. The zero-order valence-electron chi connectivity index (χ0n) is 10.9. The Kier molecular flexibility index (Phi) is 3.18. The van der Waals surface area contributed by atoms with E-state index in [0.717, 1.165) is 5.88 Å². The lowest BCUT2D eigenvalue weighted by Gasteiger charge is -2.21. The molecule has 0 aliphatic heterocycles. The van der Waals surface area contributed by atoms with E-state index in [4.69, 9.17) is 4.74 Å². The van der Waals surface area contributed by atoms with E-state index in [2.05, 4.69) is 48.1 Å². The van der Waals surface area contributed by atoms with Crippen molar-refractivity contribution in [2.75, 3.05) is 0 Å². The number of aromatic nitrogens is 1. The molecule has 1 aromatic heterocycles. The number of pyridine rings is 1. The normalized spacial score (nSPS) is 16.9. The highest BCUT2D eigenvalue weighted by molar-refractivity contribution is 5.85. The van der Waals surface area contributed by atoms with Gasteiger partial charge in [-0.3, -0.25) is 0 Å². The Hall–Kier alpha value is -1.57. The van der Waals surface area contributed by atoms with Crippen LogP contribution in [0.15, 0.2) is 36.5 Å². The van der Waals surface area contributed by atoms with Gasteiger partial charge in [-0.05, 0) is 37.1 Å². The third kappa shape index (κ3) is 2.20. The van der Waals surface area contributed by atoms with Crippen LogP contribution in [-0.2, 0) is 7.05 Å². The summed E-state index contributed by atoms with van der Waals surface area (Å²) in [5, 5.41) is 2.47. The Morgan fingerprint density at radius 1 is 1.06 bits per heavy atom. The molecule has 0 atom stereocenters. The van der Waals surface area contributed by atoms with Gasteiger partial charge in [0.05, 0.1) is 5.39 Å². The van der Waals surface area contributed by atoms with Crippen LogP contribution in [0.25, 0.3) is 10.8 Å². The largest absolute Gasteiger partial charge is 0.441 e. The predicted molar refractivity (Wildman–Crippen MR) is 72.6 cm³/mol. The highest BCUT2D eigenvalue weighted by Crippen LogP contribution is 2.26. The maximum absolute atomic E-state index is 6.26. The molecule has 0 bridgehead atoms. The van der Waals surface area contributed by atoms with Crippen LogP contribution in [0.4, 0.5) is 0 Å². The number of rotatable bonds is 2. The van der Waals surface area contributed by atoms with Gasteiger partial charge in [0.25, 0.3) is 0 Å². The van der Waals surface area contributed by atoms with Crippen molar-refractivity contribution >= 4 is 10.8 Å². The van der Waals surface area contributed by atoms with Crippen LogP contribution in [0, 0.1) is 0 Å². The van der Waals surface area contributed by atoms with Gasteiger partial charge in [0.15, 0.2) is 6.20 Å². The van der Waals surface area contributed by atoms with Crippen molar-refractivity contribution < 1.29 is 9.30 Å². The van der Waals surface area contributed by atoms with E-state index >= 15 is 0 Å². The highest BCUT2D eigenvalue weighted by Gasteiger charge is 2.21. The summed E-state index contributed by atoms with van der Waals surface area (Å²) in [6, 6.07) is 10.6. The van der Waals surface area contributed by atoms with E-state index in [1.54, 1.807) is 0 Å². The minimum Gasteiger partial charge on any atom is -0.441 e. The predicted octanol–water partition coefficient (Wildman–Crippen LogP) is 3.38. The maximum atomic E-state index is 6.26. The molecule has 0 N–H and O–H groups in total. The number of aryl methyl sites for hydroxylation is 1. The van der Waals surface area contributed by atoms with Gasteiger partial charge < -0.3 is 4.74 Å². The molecule has 2 heteroatoms. The fourth-order valence-corrected chi connectivity index (χ4v) is 2.77. The maximum Gasteiger partial charge on any atom is 0.375 e. The Balaban J connectivity index is 1.96. The van der Waals surface area contributed by atoms with Crippen molar-refractivity contribution in [2.24, 2.45) is 7.05 Å². The standard InChI is InChI=1S/C16H20NO/c1-17-12-11-13-7-5-6-10-15(13)16(17)18-14-8-3-2-4-9-14/h5-7,10-12,14H,2-4,8-9H2,1H3/q+1. The summed E-state index contributed by atoms with van der Waals surface area (Å²) in [4.78, 5) is 0.